The molecular weight excluding hydrogens is 245 g/mol. The van der Waals surface area contributed by atoms with E-state index in [2.05, 4.69) is 5.32 Å². The summed E-state index contributed by atoms with van der Waals surface area (Å²) in [4.78, 5) is 11.2. The van der Waals surface area contributed by atoms with Crippen molar-refractivity contribution in [2.24, 2.45) is 0 Å². The Hall–Kier alpha value is -1.29. The van der Waals surface area contributed by atoms with E-state index in [-0.39, 0.29) is 11.7 Å². The van der Waals surface area contributed by atoms with Crippen molar-refractivity contribution in [3.63, 3.8) is 0 Å². The molecule has 1 rings (SSSR count). The Labute approximate surface area is 105 Å². The smallest absolute Gasteiger partial charge is 0.220 e. The molecule has 0 aromatic heterocycles. The lowest BCUT2D eigenvalue weighted by molar-refractivity contribution is -0.121. The van der Waals surface area contributed by atoms with E-state index < -0.39 is 0 Å². The number of carbonyl (C=O) groups is 1. The monoisotopic (exact) mass is 259 g/mol. The maximum Gasteiger partial charge on any atom is 0.220 e. The predicted molar refractivity (Wildman–Crippen MR) is 64.9 cm³/mol. The maximum atomic E-state index is 12.6. The molecular formula is C12H15ClFNO2. The number of halogens is 2. The average Bonchev–Trinajstić information content (AvgIpc) is 2.34. The van der Waals surface area contributed by atoms with Gasteiger partial charge in [0.2, 0.25) is 5.91 Å². The summed E-state index contributed by atoms with van der Waals surface area (Å²) >= 11 is 5.46. The largest absolute Gasteiger partial charge is 0.492 e. The molecule has 0 aliphatic carbocycles. The number of carbonyl (C=O) groups excluding carboxylic acids is 1. The van der Waals surface area contributed by atoms with E-state index in [9.17, 15) is 9.18 Å². The molecule has 0 atom stereocenters. The van der Waals surface area contributed by atoms with Crippen LogP contribution in [0.2, 0.25) is 0 Å². The summed E-state index contributed by atoms with van der Waals surface area (Å²) in [6.45, 7) is 0.788. The van der Waals surface area contributed by atoms with Crippen molar-refractivity contribution < 1.29 is 13.9 Å². The van der Waals surface area contributed by atoms with Crippen LogP contribution < -0.4 is 10.1 Å². The topological polar surface area (TPSA) is 38.3 Å². The van der Waals surface area contributed by atoms with Crippen molar-refractivity contribution in [1.29, 1.82) is 0 Å². The van der Waals surface area contributed by atoms with Crippen LogP contribution in [0.4, 0.5) is 4.39 Å². The summed E-state index contributed by atoms with van der Waals surface area (Å²) < 4.78 is 17.9. The highest BCUT2D eigenvalue weighted by Crippen LogP contribution is 2.10. The van der Waals surface area contributed by atoms with Crippen molar-refractivity contribution in [2.45, 2.75) is 12.8 Å². The van der Waals surface area contributed by atoms with Crippen molar-refractivity contribution >= 4 is 17.5 Å². The molecule has 5 heteroatoms. The van der Waals surface area contributed by atoms with Gasteiger partial charge < -0.3 is 10.1 Å². The zero-order chi connectivity index (χ0) is 12.5. The van der Waals surface area contributed by atoms with E-state index >= 15 is 0 Å². The Balaban J connectivity index is 2.11. The highest BCUT2D eigenvalue weighted by molar-refractivity contribution is 6.17. The van der Waals surface area contributed by atoms with Crippen LogP contribution in [0.5, 0.6) is 5.75 Å². The number of nitrogens with one attached hydrogen (secondary N) is 1. The fraction of sp³-hybridized carbons (Fsp3) is 0.417. The van der Waals surface area contributed by atoms with Crippen LogP contribution in [-0.2, 0) is 4.79 Å². The molecule has 17 heavy (non-hydrogen) atoms. The van der Waals surface area contributed by atoms with Gasteiger partial charge in [0, 0.05) is 12.3 Å². The number of alkyl halides is 1. The molecule has 0 saturated heterocycles. The molecule has 1 N–H and O–H groups in total. The Morgan fingerprint density at radius 2 is 2.06 bits per heavy atom. The summed E-state index contributed by atoms with van der Waals surface area (Å²) in [6, 6.07) is 5.75. The molecule has 0 bridgehead atoms. The van der Waals surface area contributed by atoms with Gasteiger partial charge in [-0.25, -0.2) is 4.39 Å². The summed E-state index contributed by atoms with van der Waals surface area (Å²) in [5, 5.41) is 2.70. The van der Waals surface area contributed by atoms with Crippen LogP contribution in [0.15, 0.2) is 24.3 Å². The number of ether oxygens (including phenoxy) is 1. The summed E-state index contributed by atoms with van der Waals surface area (Å²) in [5.74, 6) is 0.737. The van der Waals surface area contributed by atoms with E-state index in [0.29, 0.717) is 37.6 Å². The van der Waals surface area contributed by atoms with Crippen LogP contribution in [0.1, 0.15) is 12.8 Å². The first-order valence-corrected chi connectivity index (χ1v) is 5.97. The van der Waals surface area contributed by atoms with Crippen LogP contribution in [0.3, 0.4) is 0 Å². The first-order valence-electron chi connectivity index (χ1n) is 5.43. The molecule has 0 aliphatic rings. The molecule has 0 spiro atoms. The van der Waals surface area contributed by atoms with Gasteiger partial charge >= 0.3 is 0 Å². The van der Waals surface area contributed by atoms with Gasteiger partial charge in [0.15, 0.2) is 0 Å². The second kappa shape index (κ2) is 7.90. The standard InChI is InChI=1S/C12H15ClFNO2/c13-7-1-2-12(16)15-8-9-17-11-5-3-10(14)4-6-11/h3-6H,1-2,7-9H2,(H,15,16). The van der Waals surface area contributed by atoms with Crippen molar-refractivity contribution in [1.82, 2.24) is 5.32 Å². The summed E-state index contributed by atoms with van der Waals surface area (Å²) in [6.07, 6.45) is 1.10. The minimum absolute atomic E-state index is 0.0339. The first-order chi connectivity index (χ1) is 8.22. The number of amides is 1. The minimum atomic E-state index is -0.299. The van der Waals surface area contributed by atoms with E-state index in [1.54, 1.807) is 12.1 Å². The quantitative estimate of drug-likeness (QED) is 0.603. The molecule has 1 aromatic carbocycles. The molecule has 3 nitrogen and oxygen atoms in total. The number of rotatable bonds is 7. The highest BCUT2D eigenvalue weighted by Gasteiger charge is 1.99. The number of benzene rings is 1. The van der Waals surface area contributed by atoms with Gasteiger partial charge in [-0.05, 0) is 30.7 Å². The third-order valence-electron chi connectivity index (χ3n) is 2.04. The molecule has 94 valence electrons. The maximum absolute atomic E-state index is 12.6. The van der Waals surface area contributed by atoms with Gasteiger partial charge in [0.1, 0.15) is 18.2 Å². The Morgan fingerprint density at radius 3 is 2.71 bits per heavy atom. The van der Waals surface area contributed by atoms with Gasteiger partial charge in [0.05, 0.1) is 6.54 Å². The third-order valence-corrected chi connectivity index (χ3v) is 2.31. The zero-order valence-electron chi connectivity index (χ0n) is 9.42. The molecule has 0 unspecified atom stereocenters. The minimum Gasteiger partial charge on any atom is -0.492 e. The van der Waals surface area contributed by atoms with Gasteiger partial charge in [-0.3, -0.25) is 4.79 Å². The van der Waals surface area contributed by atoms with Crippen molar-refractivity contribution in [3.8, 4) is 5.75 Å². The van der Waals surface area contributed by atoms with Gasteiger partial charge in [0.25, 0.3) is 0 Å². The zero-order valence-corrected chi connectivity index (χ0v) is 10.2. The highest BCUT2D eigenvalue weighted by atomic mass is 35.5. The van der Waals surface area contributed by atoms with Crippen LogP contribution in [0, 0.1) is 5.82 Å². The van der Waals surface area contributed by atoms with E-state index in [1.165, 1.54) is 12.1 Å². The van der Waals surface area contributed by atoms with Crippen molar-refractivity contribution in [2.75, 3.05) is 19.0 Å². The Morgan fingerprint density at radius 1 is 1.35 bits per heavy atom. The third kappa shape index (κ3) is 6.12. The van der Waals surface area contributed by atoms with Crippen LogP contribution >= 0.6 is 11.6 Å². The molecule has 1 aromatic rings. The average molecular weight is 260 g/mol. The fourth-order valence-corrected chi connectivity index (χ4v) is 1.34. The Bertz CT molecular complexity index is 343. The lowest BCUT2D eigenvalue weighted by Crippen LogP contribution is -2.27. The van der Waals surface area contributed by atoms with E-state index in [1.807, 2.05) is 0 Å². The van der Waals surface area contributed by atoms with E-state index in [0.717, 1.165) is 0 Å². The normalized spacial score (nSPS) is 10.0. The second-order valence-corrected chi connectivity index (χ2v) is 3.82. The Kier molecular flexibility index (Phi) is 6.40. The summed E-state index contributed by atoms with van der Waals surface area (Å²) in [7, 11) is 0. The molecule has 0 heterocycles. The molecule has 0 saturated carbocycles. The second-order valence-electron chi connectivity index (χ2n) is 3.44. The van der Waals surface area contributed by atoms with Gasteiger partial charge in [-0.2, -0.15) is 0 Å². The van der Waals surface area contributed by atoms with Gasteiger partial charge in [-0.1, -0.05) is 0 Å². The molecule has 0 fully saturated rings. The lowest BCUT2D eigenvalue weighted by atomic mass is 10.3. The molecule has 1 amide bonds. The predicted octanol–water partition coefficient (Wildman–Crippen LogP) is 2.34. The first kappa shape index (κ1) is 13.8. The van der Waals surface area contributed by atoms with Crippen molar-refractivity contribution in [3.05, 3.63) is 30.1 Å². The van der Waals surface area contributed by atoms with Crippen LogP contribution in [-0.4, -0.2) is 24.9 Å². The lowest BCUT2D eigenvalue weighted by Gasteiger charge is -2.07. The number of hydrogen-bond donors (Lipinski definition) is 1. The van der Waals surface area contributed by atoms with Crippen LogP contribution in [0.25, 0.3) is 0 Å². The number of hydrogen-bond acceptors (Lipinski definition) is 2. The van der Waals surface area contributed by atoms with E-state index in [4.69, 9.17) is 16.3 Å². The van der Waals surface area contributed by atoms with Gasteiger partial charge in [-0.15, -0.1) is 11.6 Å². The molecule has 0 aliphatic heterocycles. The summed E-state index contributed by atoms with van der Waals surface area (Å²) in [5.41, 5.74) is 0. The fourth-order valence-electron chi connectivity index (χ4n) is 1.21. The SMILES string of the molecule is O=C(CCCCl)NCCOc1ccc(F)cc1. The molecule has 0 radical (unpaired) electrons.